The molecule has 0 aliphatic heterocycles. The van der Waals surface area contributed by atoms with Gasteiger partial charge in [0.15, 0.2) is 5.76 Å². The lowest BCUT2D eigenvalue weighted by Gasteiger charge is -1.99. The number of carboxylic acids is 1. The van der Waals surface area contributed by atoms with Crippen molar-refractivity contribution < 1.29 is 19.2 Å². The third-order valence-corrected chi connectivity index (χ3v) is 4.44. The minimum absolute atomic E-state index is 0.189. The van der Waals surface area contributed by atoms with Gasteiger partial charge in [-0.1, -0.05) is 28.9 Å². The van der Waals surface area contributed by atoms with E-state index >= 15 is 0 Å². The standard InChI is InChI=1S/C16H11ClN2O4S/c17-14-6-5-13(24-14)15(20)18-8-11-7-12(19-23-11)9-1-3-10(4-2-9)16(21)22/h1-7H,8H2,(H,18,20)(H,21,22). The van der Waals surface area contributed by atoms with Crippen LogP contribution in [-0.4, -0.2) is 22.1 Å². The minimum Gasteiger partial charge on any atom is -0.478 e. The quantitative estimate of drug-likeness (QED) is 0.722. The van der Waals surface area contributed by atoms with E-state index in [9.17, 15) is 9.59 Å². The second kappa shape index (κ2) is 6.86. The number of thiophene rings is 1. The fourth-order valence-electron chi connectivity index (χ4n) is 2.01. The second-order valence-electron chi connectivity index (χ2n) is 4.85. The van der Waals surface area contributed by atoms with Gasteiger partial charge in [0.25, 0.3) is 5.91 Å². The number of nitrogens with one attached hydrogen (secondary N) is 1. The topological polar surface area (TPSA) is 92.4 Å². The first kappa shape index (κ1) is 16.2. The van der Waals surface area contributed by atoms with E-state index < -0.39 is 5.97 Å². The van der Waals surface area contributed by atoms with Crippen LogP contribution < -0.4 is 5.32 Å². The number of carbonyl (C=O) groups is 2. The highest BCUT2D eigenvalue weighted by Crippen LogP contribution is 2.22. The molecule has 2 N–H and O–H groups in total. The molecule has 1 aromatic carbocycles. The third-order valence-electron chi connectivity index (χ3n) is 3.21. The molecule has 0 unspecified atom stereocenters. The highest BCUT2D eigenvalue weighted by atomic mass is 35.5. The van der Waals surface area contributed by atoms with Crippen LogP contribution in [-0.2, 0) is 6.54 Å². The van der Waals surface area contributed by atoms with Crippen LogP contribution in [0.5, 0.6) is 0 Å². The summed E-state index contributed by atoms with van der Waals surface area (Å²) in [6.45, 7) is 0.189. The van der Waals surface area contributed by atoms with Crippen LogP contribution in [0.4, 0.5) is 0 Å². The molecule has 6 nitrogen and oxygen atoms in total. The van der Waals surface area contributed by atoms with E-state index in [1.807, 2.05) is 0 Å². The summed E-state index contributed by atoms with van der Waals surface area (Å²) < 4.78 is 5.73. The number of carboxylic acid groups (broad SMARTS) is 1. The summed E-state index contributed by atoms with van der Waals surface area (Å²) in [6.07, 6.45) is 0. The number of hydrogen-bond acceptors (Lipinski definition) is 5. The average molecular weight is 363 g/mol. The van der Waals surface area contributed by atoms with Gasteiger partial charge in [-0.2, -0.15) is 0 Å². The fourth-order valence-corrected chi connectivity index (χ4v) is 2.97. The van der Waals surface area contributed by atoms with Gasteiger partial charge in [0.1, 0.15) is 5.69 Å². The van der Waals surface area contributed by atoms with Crippen LogP contribution in [0.2, 0.25) is 4.34 Å². The van der Waals surface area contributed by atoms with Crippen molar-refractivity contribution in [2.45, 2.75) is 6.54 Å². The van der Waals surface area contributed by atoms with E-state index in [0.717, 1.165) is 5.56 Å². The fraction of sp³-hybridized carbons (Fsp3) is 0.0625. The number of nitrogens with zero attached hydrogens (tertiary/aromatic N) is 1. The lowest BCUT2D eigenvalue weighted by atomic mass is 10.1. The first-order valence-electron chi connectivity index (χ1n) is 6.86. The van der Waals surface area contributed by atoms with Crippen molar-refractivity contribution in [1.29, 1.82) is 0 Å². The molecule has 0 aliphatic rings. The first-order chi connectivity index (χ1) is 11.5. The highest BCUT2D eigenvalue weighted by molar-refractivity contribution is 7.17. The summed E-state index contributed by atoms with van der Waals surface area (Å²) in [5.74, 6) is -0.738. The molecule has 0 fully saturated rings. The van der Waals surface area contributed by atoms with Crippen molar-refractivity contribution in [3.63, 3.8) is 0 Å². The van der Waals surface area contributed by atoms with E-state index in [1.54, 1.807) is 30.3 Å². The molecule has 3 aromatic rings. The lowest BCUT2D eigenvalue weighted by Crippen LogP contribution is -2.21. The summed E-state index contributed by atoms with van der Waals surface area (Å²) >= 11 is 6.99. The van der Waals surface area contributed by atoms with Gasteiger partial charge in [-0.25, -0.2) is 4.79 Å². The van der Waals surface area contributed by atoms with Crippen LogP contribution in [0.25, 0.3) is 11.3 Å². The van der Waals surface area contributed by atoms with Crippen molar-refractivity contribution in [2.75, 3.05) is 0 Å². The summed E-state index contributed by atoms with van der Waals surface area (Å²) in [7, 11) is 0. The SMILES string of the molecule is O=C(O)c1ccc(-c2cc(CNC(=O)c3ccc(Cl)s3)on2)cc1. The molecule has 0 aliphatic carbocycles. The molecule has 0 saturated heterocycles. The van der Waals surface area contributed by atoms with Gasteiger partial charge in [0.05, 0.1) is 21.3 Å². The number of aromatic carboxylic acids is 1. The Morgan fingerprint density at radius 1 is 1.21 bits per heavy atom. The van der Waals surface area contributed by atoms with Gasteiger partial charge in [0.2, 0.25) is 0 Å². The molecule has 0 spiro atoms. The highest BCUT2D eigenvalue weighted by Gasteiger charge is 2.11. The minimum atomic E-state index is -0.987. The largest absolute Gasteiger partial charge is 0.478 e. The maximum Gasteiger partial charge on any atom is 0.335 e. The molecule has 0 atom stereocenters. The normalized spacial score (nSPS) is 10.5. The molecule has 0 radical (unpaired) electrons. The van der Waals surface area contributed by atoms with Gasteiger partial charge in [-0.05, 0) is 24.3 Å². The Kier molecular flexibility index (Phi) is 4.64. The van der Waals surface area contributed by atoms with Crippen molar-refractivity contribution >= 4 is 34.8 Å². The Balaban J connectivity index is 1.65. The molecule has 2 heterocycles. The molecule has 1 amide bonds. The third kappa shape index (κ3) is 3.64. The van der Waals surface area contributed by atoms with Crippen LogP contribution in [0.15, 0.2) is 47.0 Å². The van der Waals surface area contributed by atoms with E-state index in [4.69, 9.17) is 21.2 Å². The molecule has 8 heteroatoms. The van der Waals surface area contributed by atoms with Crippen LogP contribution in [0.3, 0.4) is 0 Å². The van der Waals surface area contributed by atoms with Crippen molar-refractivity contribution in [2.24, 2.45) is 0 Å². The van der Waals surface area contributed by atoms with Crippen molar-refractivity contribution in [1.82, 2.24) is 10.5 Å². The van der Waals surface area contributed by atoms with E-state index in [-0.39, 0.29) is 18.0 Å². The maximum absolute atomic E-state index is 11.9. The van der Waals surface area contributed by atoms with Crippen LogP contribution in [0, 0.1) is 0 Å². The number of amides is 1. The molecule has 3 rings (SSSR count). The predicted molar refractivity (Wildman–Crippen MR) is 89.4 cm³/mol. The number of aromatic nitrogens is 1. The average Bonchev–Trinajstić information content (AvgIpc) is 3.22. The lowest BCUT2D eigenvalue weighted by molar-refractivity contribution is 0.0696. The van der Waals surface area contributed by atoms with Gasteiger partial charge < -0.3 is 14.9 Å². The molecule has 0 saturated carbocycles. The van der Waals surface area contributed by atoms with E-state index in [1.165, 1.54) is 23.5 Å². The van der Waals surface area contributed by atoms with Gasteiger partial charge in [-0.15, -0.1) is 11.3 Å². The number of benzene rings is 1. The Labute approximate surface area is 145 Å². The van der Waals surface area contributed by atoms with E-state index in [2.05, 4.69) is 10.5 Å². The zero-order valence-electron chi connectivity index (χ0n) is 12.2. The summed E-state index contributed by atoms with van der Waals surface area (Å²) in [4.78, 5) is 23.3. The van der Waals surface area contributed by atoms with Gasteiger partial charge in [0, 0.05) is 11.6 Å². The van der Waals surface area contributed by atoms with Crippen LogP contribution >= 0.6 is 22.9 Å². The zero-order chi connectivity index (χ0) is 17.1. The molecule has 122 valence electrons. The monoisotopic (exact) mass is 362 g/mol. The number of rotatable bonds is 5. The number of halogens is 1. The van der Waals surface area contributed by atoms with Crippen LogP contribution in [0.1, 0.15) is 25.8 Å². The van der Waals surface area contributed by atoms with Crippen molar-refractivity contribution in [3.8, 4) is 11.3 Å². The predicted octanol–water partition coefficient (Wildman–Crippen LogP) is 3.68. The Morgan fingerprint density at radius 3 is 2.58 bits per heavy atom. The molecule has 2 aromatic heterocycles. The molecule has 0 bridgehead atoms. The van der Waals surface area contributed by atoms with Crippen molar-refractivity contribution in [3.05, 3.63) is 63.0 Å². The van der Waals surface area contributed by atoms with E-state index in [0.29, 0.717) is 20.7 Å². The summed E-state index contributed by atoms with van der Waals surface area (Å²) in [6, 6.07) is 11.3. The second-order valence-corrected chi connectivity index (χ2v) is 6.56. The maximum atomic E-state index is 11.9. The molecular formula is C16H11ClN2O4S. The first-order valence-corrected chi connectivity index (χ1v) is 8.05. The van der Waals surface area contributed by atoms with Gasteiger partial charge in [-0.3, -0.25) is 4.79 Å². The zero-order valence-corrected chi connectivity index (χ0v) is 13.7. The molecule has 24 heavy (non-hydrogen) atoms. The Morgan fingerprint density at radius 2 is 1.96 bits per heavy atom. The molecular weight excluding hydrogens is 352 g/mol. The summed E-state index contributed by atoms with van der Waals surface area (Å²) in [5, 5.41) is 15.5. The van der Waals surface area contributed by atoms with Gasteiger partial charge >= 0.3 is 5.97 Å². The number of hydrogen-bond donors (Lipinski definition) is 2. The Hall–Kier alpha value is -2.64. The summed E-state index contributed by atoms with van der Waals surface area (Å²) in [5.41, 5.74) is 1.49. The number of carbonyl (C=O) groups excluding carboxylic acids is 1. The Bertz CT molecular complexity index is 886. The smallest absolute Gasteiger partial charge is 0.335 e.